The highest BCUT2D eigenvalue weighted by atomic mass is 32.1. The summed E-state index contributed by atoms with van der Waals surface area (Å²) in [6.45, 7) is 5.70. The molecule has 3 amide bonds. The minimum absolute atomic E-state index is 0.00222. The normalized spacial score (nSPS) is 21.4. The van der Waals surface area contributed by atoms with Crippen LogP contribution in [0.3, 0.4) is 0 Å². The number of nitrogens with one attached hydrogen (secondary N) is 1. The van der Waals surface area contributed by atoms with Crippen LogP contribution in [0.1, 0.15) is 46.6 Å². The molecule has 2 fully saturated rings. The molecule has 0 saturated carbocycles. The van der Waals surface area contributed by atoms with E-state index in [2.05, 4.69) is 16.3 Å². The minimum atomic E-state index is -0.00222. The number of thiazole rings is 1. The molecule has 34 heavy (non-hydrogen) atoms. The van der Waals surface area contributed by atoms with Crippen LogP contribution in [-0.2, 0) is 11.2 Å². The fraction of sp³-hybridized carbons (Fsp3) is 0.560. The van der Waals surface area contributed by atoms with Gasteiger partial charge in [0.05, 0.1) is 18.3 Å². The van der Waals surface area contributed by atoms with E-state index in [0.717, 1.165) is 79.7 Å². The van der Waals surface area contributed by atoms with Gasteiger partial charge in [-0.3, -0.25) is 4.79 Å². The second-order valence-electron chi connectivity index (χ2n) is 9.41. The molecular formula is C25H33N5O3S. The number of hydrogen-bond donors (Lipinski definition) is 1. The van der Waals surface area contributed by atoms with E-state index in [1.54, 1.807) is 7.11 Å². The molecule has 1 aromatic heterocycles. The Labute approximate surface area is 204 Å². The van der Waals surface area contributed by atoms with E-state index in [0.29, 0.717) is 6.61 Å². The number of piperidine rings is 1. The lowest BCUT2D eigenvalue weighted by atomic mass is 10.0. The molecule has 2 aromatic rings. The first kappa shape index (κ1) is 23.1. The van der Waals surface area contributed by atoms with Crippen LogP contribution in [0.2, 0.25) is 0 Å². The van der Waals surface area contributed by atoms with Crippen molar-refractivity contribution in [1.82, 2.24) is 14.8 Å². The predicted molar refractivity (Wildman–Crippen MR) is 134 cm³/mol. The molecule has 0 spiro atoms. The van der Waals surface area contributed by atoms with Crippen molar-refractivity contribution in [2.45, 2.75) is 51.1 Å². The van der Waals surface area contributed by atoms with Gasteiger partial charge in [0.15, 0.2) is 5.13 Å². The smallest absolute Gasteiger partial charge is 0.322 e. The van der Waals surface area contributed by atoms with Gasteiger partial charge in [-0.25, -0.2) is 9.78 Å². The van der Waals surface area contributed by atoms with E-state index in [-0.39, 0.29) is 24.0 Å². The number of nitrogens with zero attached hydrogens (tertiary/aromatic N) is 4. The van der Waals surface area contributed by atoms with Gasteiger partial charge in [-0.15, -0.1) is 0 Å². The fourth-order valence-corrected chi connectivity index (χ4v) is 6.50. The van der Waals surface area contributed by atoms with Crippen molar-refractivity contribution in [3.8, 4) is 0 Å². The van der Waals surface area contributed by atoms with Gasteiger partial charge < -0.3 is 24.8 Å². The highest BCUT2D eigenvalue weighted by Gasteiger charge is 2.34. The summed E-state index contributed by atoms with van der Waals surface area (Å²) in [5.41, 5.74) is 2.92. The molecule has 3 aliphatic heterocycles. The van der Waals surface area contributed by atoms with E-state index in [1.165, 1.54) is 16.9 Å². The first-order valence-corrected chi connectivity index (χ1v) is 13.0. The highest BCUT2D eigenvalue weighted by Crippen LogP contribution is 2.32. The molecule has 4 heterocycles. The lowest BCUT2D eigenvalue weighted by Crippen LogP contribution is -2.48. The summed E-state index contributed by atoms with van der Waals surface area (Å²) in [6, 6.07) is 8.42. The van der Waals surface area contributed by atoms with Crippen molar-refractivity contribution in [2.75, 3.05) is 50.1 Å². The topological polar surface area (TPSA) is 78.0 Å². The van der Waals surface area contributed by atoms with Crippen molar-refractivity contribution in [3.05, 3.63) is 40.4 Å². The summed E-state index contributed by atoms with van der Waals surface area (Å²) < 4.78 is 5.32. The van der Waals surface area contributed by atoms with Crippen LogP contribution in [-0.4, -0.2) is 78.7 Å². The number of ether oxygens (including phenoxy) is 1. The monoisotopic (exact) mass is 483 g/mol. The van der Waals surface area contributed by atoms with Crippen molar-refractivity contribution >= 4 is 34.1 Å². The van der Waals surface area contributed by atoms with Gasteiger partial charge in [-0.05, 0) is 50.7 Å². The maximum atomic E-state index is 13.2. The molecular weight excluding hydrogens is 450 g/mol. The average molecular weight is 484 g/mol. The van der Waals surface area contributed by atoms with Crippen LogP contribution in [0.15, 0.2) is 24.3 Å². The predicted octanol–water partition coefficient (Wildman–Crippen LogP) is 3.76. The summed E-state index contributed by atoms with van der Waals surface area (Å²) in [7, 11) is 1.69. The van der Waals surface area contributed by atoms with Crippen LogP contribution in [0.4, 0.5) is 15.6 Å². The van der Waals surface area contributed by atoms with Gasteiger partial charge in [0.2, 0.25) is 0 Å². The number of benzene rings is 1. The summed E-state index contributed by atoms with van der Waals surface area (Å²) in [5, 5.41) is 4.00. The zero-order valence-corrected chi connectivity index (χ0v) is 20.8. The highest BCUT2D eigenvalue weighted by molar-refractivity contribution is 7.17. The zero-order chi connectivity index (χ0) is 23.7. The summed E-state index contributed by atoms with van der Waals surface area (Å²) >= 11 is 1.50. The molecule has 182 valence electrons. The maximum Gasteiger partial charge on any atom is 0.322 e. The van der Waals surface area contributed by atoms with Crippen molar-refractivity contribution in [2.24, 2.45) is 0 Å². The van der Waals surface area contributed by atoms with E-state index >= 15 is 0 Å². The molecule has 2 saturated heterocycles. The standard InChI is InChI=1S/C25H33N5O3S/c1-17-22(23(31)29-12-5-7-20(29)16-33-2)34-25(26-17)28-13-10-19(11-14-28)30-15-9-18-6-3-4-8-21(18)27-24(30)32/h3-4,6,8,19-20H,5,7,9-16H2,1-2H3,(H,27,32)/t20-/m0/s1. The van der Waals surface area contributed by atoms with Crippen LogP contribution in [0, 0.1) is 6.92 Å². The molecule has 0 radical (unpaired) electrons. The van der Waals surface area contributed by atoms with Gasteiger partial charge in [0.1, 0.15) is 4.88 Å². The number of para-hydroxylation sites is 1. The molecule has 1 aromatic carbocycles. The molecule has 0 bridgehead atoms. The Morgan fingerprint density at radius 2 is 1.97 bits per heavy atom. The van der Waals surface area contributed by atoms with E-state index < -0.39 is 0 Å². The molecule has 1 N–H and O–H groups in total. The molecule has 8 nitrogen and oxygen atoms in total. The van der Waals surface area contributed by atoms with Crippen molar-refractivity contribution in [3.63, 3.8) is 0 Å². The second kappa shape index (κ2) is 9.92. The largest absolute Gasteiger partial charge is 0.383 e. The van der Waals surface area contributed by atoms with Gasteiger partial charge in [-0.1, -0.05) is 29.5 Å². The number of likely N-dealkylation sites (tertiary alicyclic amines) is 1. The van der Waals surface area contributed by atoms with E-state index in [9.17, 15) is 9.59 Å². The molecule has 9 heteroatoms. The molecule has 0 aliphatic carbocycles. The Morgan fingerprint density at radius 1 is 1.18 bits per heavy atom. The van der Waals surface area contributed by atoms with Gasteiger partial charge >= 0.3 is 6.03 Å². The zero-order valence-electron chi connectivity index (χ0n) is 20.0. The first-order valence-electron chi connectivity index (χ1n) is 12.2. The Bertz CT molecular complexity index is 1050. The minimum Gasteiger partial charge on any atom is -0.383 e. The molecule has 5 rings (SSSR count). The second-order valence-corrected chi connectivity index (χ2v) is 10.4. The quantitative estimate of drug-likeness (QED) is 0.701. The Balaban J connectivity index is 1.22. The Kier molecular flexibility index (Phi) is 6.74. The number of amides is 3. The van der Waals surface area contributed by atoms with Crippen LogP contribution in [0.5, 0.6) is 0 Å². The Hall–Kier alpha value is -2.65. The third kappa shape index (κ3) is 4.51. The number of aryl methyl sites for hydroxylation is 1. The number of carbonyl (C=O) groups excluding carboxylic acids is 2. The SMILES string of the molecule is COC[C@@H]1CCCN1C(=O)c1sc(N2CCC(N3CCc4ccccc4NC3=O)CC2)nc1C. The summed E-state index contributed by atoms with van der Waals surface area (Å²) in [5.74, 6) is 0.0801. The lowest BCUT2D eigenvalue weighted by molar-refractivity contribution is 0.0634. The molecule has 1 atom stereocenters. The summed E-state index contributed by atoms with van der Waals surface area (Å²) in [4.78, 5) is 37.9. The van der Waals surface area contributed by atoms with E-state index in [1.807, 2.05) is 34.9 Å². The summed E-state index contributed by atoms with van der Waals surface area (Å²) in [6.07, 6.45) is 4.67. The van der Waals surface area contributed by atoms with Crippen LogP contribution in [0.25, 0.3) is 0 Å². The number of carbonyl (C=O) groups is 2. The number of fused-ring (bicyclic) bond motifs is 1. The van der Waals surface area contributed by atoms with E-state index in [4.69, 9.17) is 9.72 Å². The molecule has 0 unspecified atom stereocenters. The third-order valence-electron chi connectivity index (χ3n) is 7.29. The number of aromatic nitrogens is 1. The maximum absolute atomic E-state index is 13.2. The number of rotatable bonds is 5. The fourth-order valence-electron chi connectivity index (χ4n) is 5.42. The van der Waals surface area contributed by atoms with Crippen molar-refractivity contribution < 1.29 is 14.3 Å². The number of anilines is 2. The van der Waals surface area contributed by atoms with Gasteiger partial charge in [0, 0.05) is 45.0 Å². The van der Waals surface area contributed by atoms with Crippen LogP contribution < -0.4 is 10.2 Å². The number of urea groups is 1. The van der Waals surface area contributed by atoms with Crippen LogP contribution >= 0.6 is 11.3 Å². The Morgan fingerprint density at radius 3 is 2.76 bits per heavy atom. The third-order valence-corrected chi connectivity index (χ3v) is 8.50. The number of hydrogen-bond acceptors (Lipinski definition) is 6. The average Bonchev–Trinajstić information content (AvgIpc) is 3.42. The lowest BCUT2D eigenvalue weighted by Gasteiger charge is -2.37. The van der Waals surface area contributed by atoms with Gasteiger partial charge in [0.25, 0.3) is 5.91 Å². The first-order chi connectivity index (χ1) is 16.5. The van der Waals surface area contributed by atoms with Gasteiger partial charge in [-0.2, -0.15) is 0 Å². The van der Waals surface area contributed by atoms with Crippen molar-refractivity contribution in [1.29, 1.82) is 0 Å². The number of methoxy groups -OCH3 is 1. The molecule has 3 aliphatic rings.